The van der Waals surface area contributed by atoms with E-state index in [4.69, 9.17) is 0 Å². The monoisotopic (exact) mass is 484 g/mol. The first-order valence-corrected chi connectivity index (χ1v) is 11.2. The van der Waals surface area contributed by atoms with Crippen molar-refractivity contribution in [2.75, 3.05) is 26.2 Å². The number of aromatic nitrogens is 2. The first kappa shape index (κ1) is 21.7. The summed E-state index contributed by atoms with van der Waals surface area (Å²) in [5.41, 5.74) is 4.84. The van der Waals surface area contributed by atoms with Gasteiger partial charge in [0.2, 0.25) is 0 Å². The van der Waals surface area contributed by atoms with Crippen LogP contribution in [-0.4, -0.2) is 51.7 Å². The molecule has 31 heavy (non-hydrogen) atoms. The molecule has 0 atom stereocenters. The predicted octanol–water partition coefficient (Wildman–Crippen LogP) is 4.41. The molecule has 3 aromatic rings. The molecule has 1 amide bonds. The van der Waals surface area contributed by atoms with Crippen molar-refractivity contribution in [2.24, 2.45) is 0 Å². The van der Waals surface area contributed by atoms with Gasteiger partial charge in [0.25, 0.3) is 5.91 Å². The molecule has 0 unspecified atom stereocenters. The zero-order valence-corrected chi connectivity index (χ0v) is 19.4. The largest absolute Gasteiger partial charge is 0.336 e. The van der Waals surface area contributed by atoms with Crippen molar-refractivity contribution < 1.29 is 9.18 Å². The van der Waals surface area contributed by atoms with E-state index in [9.17, 15) is 9.18 Å². The second-order valence-corrected chi connectivity index (χ2v) is 8.83. The maximum Gasteiger partial charge on any atom is 0.253 e. The van der Waals surface area contributed by atoms with Crippen molar-refractivity contribution in [1.82, 2.24) is 19.6 Å². The van der Waals surface area contributed by atoms with Crippen LogP contribution in [0.5, 0.6) is 0 Å². The molecular weight excluding hydrogens is 459 g/mol. The number of halogens is 2. The molecule has 2 heterocycles. The summed E-state index contributed by atoms with van der Waals surface area (Å²) in [6.07, 6.45) is 0. The Bertz CT molecular complexity index is 1070. The highest BCUT2D eigenvalue weighted by atomic mass is 79.9. The van der Waals surface area contributed by atoms with Gasteiger partial charge in [-0.1, -0.05) is 24.3 Å². The molecule has 0 radical (unpaired) electrons. The Hall–Kier alpha value is -2.51. The number of carbonyl (C=O) groups is 1. The summed E-state index contributed by atoms with van der Waals surface area (Å²) in [6.45, 7) is 8.32. The van der Waals surface area contributed by atoms with Gasteiger partial charge in [0.1, 0.15) is 5.82 Å². The third-order valence-electron chi connectivity index (χ3n) is 5.78. The lowest BCUT2D eigenvalue weighted by Gasteiger charge is -2.34. The minimum Gasteiger partial charge on any atom is -0.336 e. The van der Waals surface area contributed by atoms with Crippen LogP contribution >= 0.6 is 15.9 Å². The van der Waals surface area contributed by atoms with Crippen molar-refractivity contribution in [3.8, 4) is 0 Å². The first-order chi connectivity index (χ1) is 14.9. The fraction of sp³-hybridized carbons (Fsp3) is 0.333. The molecule has 1 fully saturated rings. The summed E-state index contributed by atoms with van der Waals surface area (Å²) < 4.78 is 16.4. The summed E-state index contributed by atoms with van der Waals surface area (Å²) in [7, 11) is 0. The van der Waals surface area contributed by atoms with E-state index in [-0.39, 0.29) is 11.7 Å². The lowest BCUT2D eigenvalue weighted by molar-refractivity contribution is 0.0628. The number of rotatable bonds is 5. The summed E-state index contributed by atoms with van der Waals surface area (Å²) in [5.74, 6) is -0.147. The topological polar surface area (TPSA) is 41.4 Å². The van der Waals surface area contributed by atoms with E-state index < -0.39 is 0 Å². The third kappa shape index (κ3) is 5.05. The van der Waals surface area contributed by atoms with Crippen molar-refractivity contribution in [1.29, 1.82) is 0 Å². The van der Waals surface area contributed by atoms with Crippen LogP contribution in [0.2, 0.25) is 0 Å². The van der Waals surface area contributed by atoms with Gasteiger partial charge in [-0.15, -0.1) is 0 Å². The number of carbonyl (C=O) groups excluding carboxylic acids is 1. The number of aryl methyl sites for hydroxylation is 1. The highest BCUT2D eigenvalue weighted by Gasteiger charge is 2.22. The molecule has 0 spiro atoms. The van der Waals surface area contributed by atoms with Crippen molar-refractivity contribution in [3.63, 3.8) is 0 Å². The molecule has 162 valence electrons. The summed E-state index contributed by atoms with van der Waals surface area (Å²) in [4.78, 5) is 17.1. The molecule has 1 aliphatic rings. The Kier molecular flexibility index (Phi) is 6.53. The predicted molar refractivity (Wildman–Crippen MR) is 123 cm³/mol. The van der Waals surface area contributed by atoms with E-state index in [1.165, 1.54) is 6.07 Å². The molecule has 1 aliphatic heterocycles. The molecule has 7 heteroatoms. The molecule has 4 rings (SSSR count). The van der Waals surface area contributed by atoms with Gasteiger partial charge in [-0.25, -0.2) is 4.39 Å². The minimum atomic E-state index is -0.208. The van der Waals surface area contributed by atoms with Crippen LogP contribution in [0.4, 0.5) is 4.39 Å². The van der Waals surface area contributed by atoms with E-state index in [0.717, 1.165) is 40.1 Å². The smallest absolute Gasteiger partial charge is 0.253 e. The fourth-order valence-corrected chi connectivity index (χ4v) is 4.22. The molecule has 0 saturated carbocycles. The van der Waals surface area contributed by atoms with Gasteiger partial charge in [-0.2, -0.15) is 5.10 Å². The summed E-state index contributed by atoms with van der Waals surface area (Å²) >= 11 is 3.56. The molecule has 0 N–H and O–H groups in total. The van der Waals surface area contributed by atoms with E-state index in [1.807, 2.05) is 53.8 Å². The second-order valence-electron chi connectivity index (χ2n) is 8.04. The van der Waals surface area contributed by atoms with Crippen LogP contribution in [-0.2, 0) is 13.1 Å². The van der Waals surface area contributed by atoms with Crippen molar-refractivity contribution >= 4 is 21.8 Å². The molecular formula is C24H26BrFN4O. The van der Waals surface area contributed by atoms with E-state index >= 15 is 0 Å². The van der Waals surface area contributed by atoms with E-state index in [0.29, 0.717) is 31.7 Å². The number of amides is 1. The first-order valence-electron chi connectivity index (χ1n) is 10.5. The van der Waals surface area contributed by atoms with Gasteiger partial charge >= 0.3 is 0 Å². The van der Waals surface area contributed by atoms with E-state index in [1.54, 1.807) is 12.1 Å². The molecule has 5 nitrogen and oxygen atoms in total. The molecule has 0 aliphatic carbocycles. The Morgan fingerprint density at radius 3 is 2.32 bits per heavy atom. The average molecular weight is 485 g/mol. The Morgan fingerprint density at radius 2 is 1.71 bits per heavy atom. The van der Waals surface area contributed by atoms with Gasteiger partial charge in [-0.3, -0.25) is 14.4 Å². The lowest BCUT2D eigenvalue weighted by Crippen LogP contribution is -2.48. The van der Waals surface area contributed by atoms with Crippen molar-refractivity contribution in [2.45, 2.75) is 26.9 Å². The minimum absolute atomic E-state index is 0.0609. The van der Waals surface area contributed by atoms with Crippen LogP contribution in [0.25, 0.3) is 0 Å². The molecule has 2 aromatic carbocycles. The van der Waals surface area contributed by atoms with Crippen LogP contribution in [0.1, 0.15) is 32.9 Å². The molecule has 1 saturated heterocycles. The summed E-state index contributed by atoms with van der Waals surface area (Å²) in [5, 5.41) is 4.55. The van der Waals surface area contributed by atoms with Gasteiger partial charge in [0, 0.05) is 38.3 Å². The number of piperazine rings is 1. The number of hydrogen-bond acceptors (Lipinski definition) is 3. The standard InChI is InChI=1S/C24H26BrFN4O/c1-17-23(25)18(2)30(27-17)16-19-6-8-21(9-7-19)24(31)29-12-10-28(11-13-29)15-20-4-3-5-22(26)14-20/h3-9,14H,10-13,15-16H2,1-2H3. The third-order valence-corrected chi connectivity index (χ3v) is 6.93. The zero-order chi connectivity index (χ0) is 22.0. The van der Waals surface area contributed by atoms with Gasteiger partial charge in [0.15, 0.2) is 0 Å². The Balaban J connectivity index is 1.33. The maximum absolute atomic E-state index is 13.4. The van der Waals surface area contributed by atoms with Crippen molar-refractivity contribution in [3.05, 3.63) is 86.9 Å². The highest BCUT2D eigenvalue weighted by Crippen LogP contribution is 2.21. The van der Waals surface area contributed by atoms with Crippen LogP contribution in [0.3, 0.4) is 0 Å². The van der Waals surface area contributed by atoms with Crippen LogP contribution in [0.15, 0.2) is 53.0 Å². The maximum atomic E-state index is 13.4. The summed E-state index contributed by atoms with van der Waals surface area (Å²) in [6, 6.07) is 14.5. The number of benzene rings is 2. The zero-order valence-electron chi connectivity index (χ0n) is 17.8. The van der Waals surface area contributed by atoms with Crippen LogP contribution in [0, 0.1) is 19.7 Å². The number of nitrogens with zero attached hydrogens (tertiary/aromatic N) is 4. The Morgan fingerprint density at radius 1 is 1.00 bits per heavy atom. The molecule has 0 bridgehead atoms. The number of hydrogen-bond donors (Lipinski definition) is 0. The van der Waals surface area contributed by atoms with Gasteiger partial charge in [-0.05, 0) is 65.2 Å². The average Bonchev–Trinajstić information content (AvgIpc) is 3.01. The fourth-order valence-electron chi connectivity index (χ4n) is 3.94. The quantitative estimate of drug-likeness (QED) is 0.538. The normalized spacial score (nSPS) is 14.8. The Labute approximate surface area is 190 Å². The second kappa shape index (κ2) is 9.32. The highest BCUT2D eigenvalue weighted by molar-refractivity contribution is 9.10. The van der Waals surface area contributed by atoms with Crippen LogP contribution < -0.4 is 0 Å². The van der Waals surface area contributed by atoms with Gasteiger partial charge in [0.05, 0.1) is 22.4 Å². The SMILES string of the molecule is Cc1nn(Cc2ccc(C(=O)N3CCN(Cc4cccc(F)c4)CC3)cc2)c(C)c1Br. The lowest BCUT2D eigenvalue weighted by atomic mass is 10.1. The molecule has 1 aromatic heterocycles. The van der Waals surface area contributed by atoms with E-state index in [2.05, 4.69) is 25.9 Å². The van der Waals surface area contributed by atoms with Gasteiger partial charge < -0.3 is 4.90 Å².